The molecule has 0 aliphatic carbocycles. The molecule has 1 N–H and O–H groups in total. The summed E-state index contributed by atoms with van der Waals surface area (Å²) in [5.41, 5.74) is 1.08. The number of hydrogen-bond acceptors (Lipinski definition) is 4. The summed E-state index contributed by atoms with van der Waals surface area (Å²) in [5, 5.41) is 2.83. The maximum absolute atomic E-state index is 14.1. The van der Waals surface area contributed by atoms with Crippen LogP contribution in [0.25, 0.3) is 0 Å². The number of carbonyl (C=O) groups is 2. The third-order valence-electron chi connectivity index (χ3n) is 3.53. The molecule has 0 saturated heterocycles. The Kier molecular flexibility index (Phi) is 5.29. The third-order valence-corrected chi connectivity index (χ3v) is 3.89. The highest BCUT2D eigenvalue weighted by atomic mass is 35.5. The molecule has 0 unspecified atom stereocenters. The van der Waals surface area contributed by atoms with E-state index in [1.165, 1.54) is 17.6 Å². The van der Waals surface area contributed by atoms with Crippen LogP contribution in [0, 0.1) is 12.7 Å². The van der Waals surface area contributed by atoms with E-state index in [1.54, 1.807) is 33.0 Å². The van der Waals surface area contributed by atoms with Crippen molar-refractivity contribution >= 4 is 34.9 Å². The van der Waals surface area contributed by atoms with E-state index in [-0.39, 0.29) is 40.2 Å². The first-order valence-electron chi connectivity index (χ1n) is 7.37. The molecule has 0 aliphatic heterocycles. The standard InChI is InChI=1S/C17H18ClFN2O3/c1-5-24-17(23)13-14(18)15(10(3)22)21(4)16(13)20-12-7-6-9(2)8-11(12)19/h6-8,20H,5H2,1-4H3. The number of carbonyl (C=O) groups excluding carboxylic acids is 2. The molecule has 0 atom stereocenters. The van der Waals surface area contributed by atoms with Gasteiger partial charge in [-0.2, -0.15) is 0 Å². The van der Waals surface area contributed by atoms with Crippen LogP contribution in [0.2, 0.25) is 5.02 Å². The zero-order valence-corrected chi connectivity index (χ0v) is 14.6. The Morgan fingerprint density at radius 2 is 2.04 bits per heavy atom. The summed E-state index contributed by atoms with van der Waals surface area (Å²) >= 11 is 6.22. The van der Waals surface area contributed by atoms with Crippen molar-refractivity contribution in [3.63, 3.8) is 0 Å². The molecule has 0 amide bonds. The van der Waals surface area contributed by atoms with E-state index < -0.39 is 11.8 Å². The molecular weight excluding hydrogens is 335 g/mol. The Bertz CT molecular complexity index is 815. The van der Waals surface area contributed by atoms with Crippen LogP contribution in [-0.4, -0.2) is 22.9 Å². The van der Waals surface area contributed by atoms with Gasteiger partial charge in [-0.05, 0) is 31.5 Å². The van der Waals surface area contributed by atoms with Crippen LogP contribution in [0.1, 0.15) is 40.3 Å². The molecule has 7 heteroatoms. The maximum atomic E-state index is 14.1. The molecule has 0 radical (unpaired) electrons. The Morgan fingerprint density at radius 1 is 1.38 bits per heavy atom. The van der Waals surface area contributed by atoms with E-state index in [0.29, 0.717) is 0 Å². The number of ether oxygens (including phenoxy) is 1. The van der Waals surface area contributed by atoms with Crippen molar-refractivity contribution < 1.29 is 18.7 Å². The maximum Gasteiger partial charge on any atom is 0.343 e. The van der Waals surface area contributed by atoms with Gasteiger partial charge in [0, 0.05) is 14.0 Å². The van der Waals surface area contributed by atoms with E-state index in [1.807, 2.05) is 0 Å². The van der Waals surface area contributed by atoms with Crippen molar-refractivity contribution in [2.45, 2.75) is 20.8 Å². The molecule has 5 nitrogen and oxygen atoms in total. The number of ketones is 1. The van der Waals surface area contributed by atoms with Gasteiger partial charge in [-0.1, -0.05) is 17.7 Å². The van der Waals surface area contributed by atoms with Crippen molar-refractivity contribution in [3.8, 4) is 0 Å². The number of aryl methyl sites for hydroxylation is 1. The lowest BCUT2D eigenvalue weighted by molar-refractivity contribution is 0.0528. The van der Waals surface area contributed by atoms with Crippen molar-refractivity contribution in [1.29, 1.82) is 0 Å². The van der Waals surface area contributed by atoms with Gasteiger partial charge < -0.3 is 14.6 Å². The Morgan fingerprint density at radius 3 is 2.58 bits per heavy atom. The monoisotopic (exact) mass is 352 g/mol. The largest absolute Gasteiger partial charge is 0.462 e. The fraction of sp³-hybridized carbons (Fsp3) is 0.294. The first kappa shape index (κ1) is 18.0. The number of benzene rings is 1. The second kappa shape index (κ2) is 7.05. The van der Waals surface area contributed by atoms with Crippen molar-refractivity contribution in [3.05, 3.63) is 45.9 Å². The van der Waals surface area contributed by atoms with Gasteiger partial charge in [0.1, 0.15) is 22.9 Å². The molecule has 0 bridgehead atoms. The molecule has 0 aliphatic rings. The van der Waals surface area contributed by atoms with Crippen molar-refractivity contribution in [2.24, 2.45) is 7.05 Å². The fourth-order valence-corrected chi connectivity index (χ4v) is 2.85. The molecule has 2 aromatic rings. The highest BCUT2D eigenvalue weighted by molar-refractivity contribution is 6.37. The van der Waals surface area contributed by atoms with Crippen LogP contribution in [0.15, 0.2) is 18.2 Å². The molecule has 1 aromatic carbocycles. The summed E-state index contributed by atoms with van der Waals surface area (Å²) in [6.07, 6.45) is 0. The number of aromatic nitrogens is 1. The average Bonchev–Trinajstić information content (AvgIpc) is 2.73. The van der Waals surface area contributed by atoms with Crippen LogP contribution in [0.5, 0.6) is 0 Å². The molecule has 24 heavy (non-hydrogen) atoms. The lowest BCUT2D eigenvalue weighted by Gasteiger charge is -2.12. The van der Waals surface area contributed by atoms with Crippen LogP contribution in [0.4, 0.5) is 15.9 Å². The van der Waals surface area contributed by atoms with Crippen LogP contribution in [-0.2, 0) is 11.8 Å². The Labute approximate surface area is 144 Å². The number of nitrogens with zero attached hydrogens (tertiary/aromatic N) is 1. The zero-order chi connectivity index (χ0) is 18.0. The quantitative estimate of drug-likeness (QED) is 0.645. The second-order valence-corrected chi connectivity index (χ2v) is 5.71. The average molecular weight is 353 g/mol. The molecule has 0 saturated carbocycles. The van der Waals surface area contributed by atoms with Gasteiger partial charge in [-0.25, -0.2) is 9.18 Å². The van der Waals surface area contributed by atoms with Crippen LogP contribution in [0.3, 0.4) is 0 Å². The number of rotatable bonds is 5. The molecule has 2 rings (SSSR count). The molecule has 0 fully saturated rings. The van der Waals surface area contributed by atoms with Gasteiger partial charge in [0.15, 0.2) is 5.78 Å². The SMILES string of the molecule is CCOC(=O)c1c(Cl)c(C(C)=O)n(C)c1Nc1ccc(C)cc1F. The third kappa shape index (κ3) is 3.28. The second-order valence-electron chi connectivity index (χ2n) is 5.33. The number of esters is 1. The Balaban J connectivity index is 2.60. The van der Waals surface area contributed by atoms with Gasteiger partial charge in [0.25, 0.3) is 0 Å². The summed E-state index contributed by atoms with van der Waals surface area (Å²) < 4.78 is 20.6. The van der Waals surface area contributed by atoms with Gasteiger partial charge in [-0.3, -0.25) is 4.79 Å². The summed E-state index contributed by atoms with van der Waals surface area (Å²) in [4.78, 5) is 24.1. The predicted octanol–water partition coefficient (Wildman–Crippen LogP) is 4.25. The van der Waals surface area contributed by atoms with Gasteiger partial charge in [-0.15, -0.1) is 0 Å². The van der Waals surface area contributed by atoms with Crippen LogP contribution < -0.4 is 5.32 Å². The summed E-state index contributed by atoms with van der Waals surface area (Å²) in [6, 6.07) is 4.64. The molecule has 1 aromatic heterocycles. The van der Waals surface area contributed by atoms with E-state index in [4.69, 9.17) is 16.3 Å². The minimum atomic E-state index is -0.680. The topological polar surface area (TPSA) is 60.3 Å². The number of halogens is 2. The first-order chi connectivity index (χ1) is 11.3. The number of anilines is 2. The summed E-state index contributed by atoms with van der Waals surface area (Å²) in [7, 11) is 1.57. The fourth-order valence-electron chi connectivity index (χ4n) is 2.42. The summed E-state index contributed by atoms with van der Waals surface area (Å²) in [5.74, 6) is -1.27. The number of nitrogens with one attached hydrogen (secondary N) is 1. The normalized spacial score (nSPS) is 10.6. The van der Waals surface area contributed by atoms with Crippen LogP contribution >= 0.6 is 11.6 Å². The van der Waals surface area contributed by atoms with Gasteiger partial charge >= 0.3 is 5.97 Å². The smallest absolute Gasteiger partial charge is 0.343 e. The molecule has 128 valence electrons. The van der Waals surface area contributed by atoms with Crippen molar-refractivity contribution in [2.75, 3.05) is 11.9 Å². The highest BCUT2D eigenvalue weighted by Gasteiger charge is 2.28. The number of hydrogen-bond donors (Lipinski definition) is 1. The first-order valence-corrected chi connectivity index (χ1v) is 7.75. The Hall–Kier alpha value is -2.34. The van der Waals surface area contributed by atoms with E-state index in [0.717, 1.165) is 5.56 Å². The minimum Gasteiger partial charge on any atom is -0.462 e. The predicted molar refractivity (Wildman–Crippen MR) is 90.8 cm³/mol. The lowest BCUT2D eigenvalue weighted by atomic mass is 10.2. The van der Waals surface area contributed by atoms with Gasteiger partial charge in [0.05, 0.1) is 17.3 Å². The number of Topliss-reactive ketones (excluding diaryl/α,β-unsaturated/α-hetero) is 1. The zero-order valence-electron chi connectivity index (χ0n) is 13.9. The van der Waals surface area contributed by atoms with E-state index in [2.05, 4.69) is 5.32 Å². The van der Waals surface area contributed by atoms with E-state index >= 15 is 0 Å². The molecule has 0 spiro atoms. The highest BCUT2D eigenvalue weighted by Crippen LogP contribution is 2.34. The van der Waals surface area contributed by atoms with Gasteiger partial charge in [0.2, 0.25) is 0 Å². The minimum absolute atomic E-state index is 0.00573. The molecule has 1 heterocycles. The summed E-state index contributed by atoms with van der Waals surface area (Å²) in [6.45, 7) is 4.92. The van der Waals surface area contributed by atoms with Crippen molar-refractivity contribution in [1.82, 2.24) is 4.57 Å². The van der Waals surface area contributed by atoms with E-state index in [9.17, 15) is 14.0 Å². The lowest BCUT2D eigenvalue weighted by Crippen LogP contribution is -2.09. The molecular formula is C17H18ClFN2O3.